The van der Waals surface area contributed by atoms with E-state index in [1.54, 1.807) is 6.33 Å². The van der Waals surface area contributed by atoms with Crippen LogP contribution in [0.1, 0.15) is 172 Å². The summed E-state index contributed by atoms with van der Waals surface area (Å²) in [5.41, 5.74) is 35.0. The number of imidazole rings is 1. The topological polar surface area (TPSA) is 38.4 Å². The van der Waals surface area contributed by atoms with E-state index in [4.69, 9.17) is 0 Å². The second kappa shape index (κ2) is 17.9. The minimum atomic E-state index is -0.479. The molecule has 6 aliphatic rings. The summed E-state index contributed by atoms with van der Waals surface area (Å²) in [5, 5.41) is 0. The monoisotopic (exact) mass is 1070 g/mol. The molecule has 3 aliphatic carbocycles. The predicted octanol–water partition coefficient (Wildman–Crippen LogP) is 17.8. The van der Waals surface area contributed by atoms with Crippen LogP contribution in [0.15, 0.2) is 170 Å². The minimum Gasteiger partial charge on any atom is -0.345 e. The molecule has 0 fully saturated rings. The molecule has 1 N–H and O–H groups in total. The molecule has 0 saturated heterocycles. The van der Waals surface area contributed by atoms with Gasteiger partial charge in [-0.25, -0.2) is 4.98 Å². The summed E-state index contributed by atoms with van der Waals surface area (Å²) in [6.45, 7) is 33.6. The zero-order chi connectivity index (χ0) is 57.2. The number of aryl methyl sites for hydroxylation is 1. The maximum Gasteiger partial charge on any atom is 0.252 e. The molecule has 4 heterocycles. The molecule has 8 aromatic rings. The van der Waals surface area contributed by atoms with Crippen molar-refractivity contribution in [2.75, 3.05) is 14.7 Å². The van der Waals surface area contributed by atoms with Crippen molar-refractivity contribution in [3.63, 3.8) is 0 Å². The zero-order valence-corrected chi connectivity index (χ0v) is 50.8. The van der Waals surface area contributed by atoms with Crippen molar-refractivity contribution in [1.82, 2.24) is 9.97 Å². The highest BCUT2D eigenvalue weighted by molar-refractivity contribution is 7.00. The van der Waals surface area contributed by atoms with E-state index in [1.165, 1.54) is 106 Å². The normalized spacial score (nSPS) is 20.9. The highest BCUT2D eigenvalue weighted by atomic mass is 15.3. The lowest BCUT2D eigenvalue weighted by molar-refractivity contribution is 0.245. The average molecular weight is 1070 g/mol. The van der Waals surface area contributed by atoms with Gasteiger partial charge >= 0.3 is 0 Å². The van der Waals surface area contributed by atoms with Gasteiger partial charge in [0.1, 0.15) is 0 Å². The van der Waals surface area contributed by atoms with Gasteiger partial charge < -0.3 is 19.7 Å². The van der Waals surface area contributed by atoms with E-state index in [2.05, 4.69) is 273 Å². The van der Waals surface area contributed by atoms with Crippen molar-refractivity contribution in [3.05, 3.63) is 220 Å². The van der Waals surface area contributed by atoms with Crippen LogP contribution in [0.3, 0.4) is 0 Å². The molecule has 1 aromatic heterocycles. The summed E-state index contributed by atoms with van der Waals surface area (Å²) >= 11 is 0. The number of nitrogens with zero attached hydrogens (tertiary/aromatic N) is 4. The van der Waals surface area contributed by atoms with Gasteiger partial charge in [0.2, 0.25) is 0 Å². The maximum atomic E-state index is 4.50. The first-order chi connectivity index (χ1) is 39.0. The molecule has 14 rings (SSSR count). The molecule has 7 aromatic carbocycles. The molecule has 0 saturated carbocycles. The van der Waals surface area contributed by atoms with Crippen LogP contribution < -0.4 is 31.1 Å². The van der Waals surface area contributed by atoms with Gasteiger partial charge in [0, 0.05) is 50.8 Å². The van der Waals surface area contributed by atoms with Crippen LogP contribution in [0.25, 0.3) is 16.8 Å². The summed E-state index contributed by atoms with van der Waals surface area (Å²) in [6, 6.07) is 51.4. The first kappa shape index (κ1) is 52.3. The van der Waals surface area contributed by atoms with Crippen LogP contribution in [0.4, 0.5) is 45.5 Å². The lowest BCUT2D eigenvalue weighted by Gasteiger charge is -2.52. The molecular formula is C76H78BN5. The van der Waals surface area contributed by atoms with Gasteiger partial charge in [0.15, 0.2) is 0 Å². The predicted molar refractivity (Wildman–Crippen MR) is 347 cm³/mol. The number of rotatable bonds is 5. The number of H-pyrrole nitrogens is 1. The molecule has 3 unspecified atom stereocenters. The van der Waals surface area contributed by atoms with Crippen molar-refractivity contribution in [2.45, 2.75) is 161 Å². The zero-order valence-electron chi connectivity index (χ0n) is 50.8. The maximum absolute atomic E-state index is 4.50. The van der Waals surface area contributed by atoms with E-state index in [9.17, 15) is 0 Å². The number of fused-ring (bicyclic) bond motifs is 10. The molecule has 82 heavy (non-hydrogen) atoms. The van der Waals surface area contributed by atoms with Crippen LogP contribution in [0.5, 0.6) is 0 Å². The summed E-state index contributed by atoms with van der Waals surface area (Å²) in [5.74, 6) is 0.413. The Bertz CT molecular complexity index is 4140. The third-order valence-corrected chi connectivity index (χ3v) is 20.5. The fourth-order valence-electron chi connectivity index (χ4n) is 15.4. The first-order valence-electron chi connectivity index (χ1n) is 30.2. The van der Waals surface area contributed by atoms with Gasteiger partial charge in [0.05, 0.1) is 29.4 Å². The minimum absolute atomic E-state index is 0.0103. The summed E-state index contributed by atoms with van der Waals surface area (Å²) in [6.07, 6.45) is 14.5. The SMILES string of the molecule is CC1CCC(C)(C)c2cc3c(cc21)N(c1ccc(C(C)(C)C)cc1C1=CC=C=C=C1)c1cc(N2c4ccc(-c5cnc[nH]5)cc4C4(C)CCc5ccccc5C24C)cc2c1B3c1ccc(C(C)(C)C)cc1N2c1cccc(C(C)(C)C)c1. The Morgan fingerprint density at radius 1 is 0.598 bits per heavy atom. The second-order valence-corrected chi connectivity index (χ2v) is 28.9. The van der Waals surface area contributed by atoms with E-state index >= 15 is 0 Å². The van der Waals surface area contributed by atoms with Crippen LogP contribution in [0, 0.1) is 0 Å². The number of benzene rings is 7. The number of allylic oxidation sites excluding steroid dienone is 4. The van der Waals surface area contributed by atoms with Crippen LogP contribution >= 0.6 is 0 Å². The Hall–Kier alpha value is -7.75. The molecule has 0 radical (unpaired) electrons. The Kier molecular flexibility index (Phi) is 11.4. The van der Waals surface area contributed by atoms with Crippen molar-refractivity contribution < 1.29 is 0 Å². The summed E-state index contributed by atoms with van der Waals surface area (Å²) in [4.78, 5) is 16.1. The molecule has 410 valence electrons. The third-order valence-electron chi connectivity index (χ3n) is 20.5. The van der Waals surface area contributed by atoms with Crippen LogP contribution in [0.2, 0.25) is 0 Å². The number of aromatic nitrogens is 2. The molecule has 6 heteroatoms. The molecule has 3 aliphatic heterocycles. The molecule has 0 spiro atoms. The van der Waals surface area contributed by atoms with Crippen LogP contribution in [-0.2, 0) is 39.0 Å². The highest BCUT2D eigenvalue weighted by Gasteiger charge is 2.60. The molecule has 5 nitrogen and oxygen atoms in total. The molecular weight excluding hydrogens is 994 g/mol. The molecule has 0 bridgehead atoms. The third kappa shape index (κ3) is 7.70. The van der Waals surface area contributed by atoms with E-state index in [0.29, 0.717) is 5.92 Å². The van der Waals surface area contributed by atoms with Crippen molar-refractivity contribution in [3.8, 4) is 11.3 Å². The number of hydrogen-bond acceptors (Lipinski definition) is 4. The van der Waals surface area contributed by atoms with E-state index in [0.717, 1.165) is 48.2 Å². The largest absolute Gasteiger partial charge is 0.345 e. The average Bonchev–Trinajstić information content (AvgIpc) is 2.15. The number of anilines is 8. The Morgan fingerprint density at radius 2 is 1.30 bits per heavy atom. The van der Waals surface area contributed by atoms with Gasteiger partial charge in [-0.05, 0) is 211 Å². The Balaban J connectivity index is 1.16. The quantitative estimate of drug-likeness (QED) is 0.138. The second-order valence-electron chi connectivity index (χ2n) is 28.9. The van der Waals surface area contributed by atoms with E-state index < -0.39 is 5.54 Å². The van der Waals surface area contributed by atoms with E-state index in [1.807, 2.05) is 12.3 Å². The number of nitrogens with one attached hydrogen (secondary N) is 1. The van der Waals surface area contributed by atoms with Gasteiger partial charge in [-0.2, -0.15) is 0 Å². The Morgan fingerprint density at radius 3 is 2.04 bits per heavy atom. The summed E-state index contributed by atoms with van der Waals surface area (Å²) < 4.78 is 0. The lowest BCUT2D eigenvalue weighted by Crippen LogP contribution is -2.62. The van der Waals surface area contributed by atoms with Gasteiger partial charge in [0.25, 0.3) is 6.71 Å². The van der Waals surface area contributed by atoms with Crippen molar-refractivity contribution >= 4 is 74.2 Å². The van der Waals surface area contributed by atoms with Gasteiger partial charge in [-0.1, -0.05) is 168 Å². The van der Waals surface area contributed by atoms with E-state index in [-0.39, 0.29) is 33.8 Å². The lowest BCUT2D eigenvalue weighted by atomic mass is 9.33. The number of aromatic amines is 1. The van der Waals surface area contributed by atoms with Gasteiger partial charge in [-0.3, -0.25) is 0 Å². The highest BCUT2D eigenvalue weighted by Crippen LogP contribution is 2.65. The smallest absolute Gasteiger partial charge is 0.252 e. The fraction of sp³-hybridized carbons (Fsp3) is 0.329. The molecule has 0 amide bonds. The van der Waals surface area contributed by atoms with Crippen molar-refractivity contribution in [1.29, 1.82) is 0 Å². The summed E-state index contributed by atoms with van der Waals surface area (Å²) in [7, 11) is 0. The Labute approximate surface area is 488 Å². The fourth-order valence-corrected chi connectivity index (χ4v) is 15.4. The number of hydrogen-bond donors (Lipinski definition) is 1. The van der Waals surface area contributed by atoms with Gasteiger partial charge in [-0.15, -0.1) is 0 Å². The first-order valence-corrected chi connectivity index (χ1v) is 30.2. The van der Waals surface area contributed by atoms with Crippen LogP contribution in [-0.4, -0.2) is 16.7 Å². The molecule has 3 atom stereocenters. The standard InChI is InChI=1S/C76H78BN5/c1-47-33-35-74(11,12)59-44-62-67(43-56(47)59)81(64-32-29-52(72(5,6)7)39-57(64)48-21-16-15-17-22-48)69-42-55(82-65-31-27-50(63-45-78-46-79-63)37-60(65)75(13)36-34-49-23-18-19-26-58(49)76(75,82)14)41-68-70(69)77(62)61-30-28-53(73(8,9)10)40-66(61)80(68)54-25-20-24-51(38-54)71(2,3)4/h16,18-32,37-47H,33-36H2,1-14H3,(H,78,79). The van der Waals surface area contributed by atoms with Crippen molar-refractivity contribution in [2.24, 2.45) is 0 Å².